The highest BCUT2D eigenvalue weighted by Gasteiger charge is 2.58. The third-order valence-electron chi connectivity index (χ3n) is 8.60. The van der Waals surface area contributed by atoms with Gasteiger partial charge in [-0.2, -0.15) is 12.6 Å². The summed E-state index contributed by atoms with van der Waals surface area (Å²) in [4.78, 5) is 24.5. The Kier molecular flexibility index (Phi) is 5.24. The first kappa shape index (κ1) is 19.5. The molecule has 0 spiro atoms. The van der Waals surface area contributed by atoms with Crippen molar-refractivity contribution >= 4 is 24.4 Å². The van der Waals surface area contributed by atoms with Gasteiger partial charge in [0.05, 0.1) is 0 Å². The number of ketones is 1. The third-order valence-corrected chi connectivity index (χ3v) is 8.92. The molecule has 0 aliphatic heterocycles. The lowest BCUT2D eigenvalue weighted by atomic mass is 9.48. The number of Topliss-reactive ketones (excluding diaryl/α,β-unsaturated/α-hetero) is 1. The molecule has 4 rings (SSSR count). The number of hydrogen-bond acceptors (Lipinski definition) is 4. The highest BCUT2D eigenvalue weighted by atomic mass is 32.1. The highest BCUT2D eigenvalue weighted by Crippen LogP contribution is 2.64. The van der Waals surface area contributed by atoms with Crippen molar-refractivity contribution in [3.8, 4) is 0 Å². The predicted octanol–water partition coefficient (Wildman–Crippen LogP) is 5.14. The van der Waals surface area contributed by atoms with Gasteiger partial charge in [0.1, 0.15) is 11.9 Å². The minimum absolute atomic E-state index is 0.0511. The average Bonchev–Trinajstić information content (AvgIpc) is 2.95. The summed E-state index contributed by atoms with van der Waals surface area (Å²) in [6.45, 7) is 4.69. The molecule has 0 amide bonds. The fourth-order valence-corrected chi connectivity index (χ4v) is 7.13. The van der Waals surface area contributed by atoms with E-state index in [2.05, 4.69) is 32.6 Å². The van der Waals surface area contributed by atoms with E-state index in [1.54, 1.807) is 0 Å². The molecule has 4 aliphatic rings. The van der Waals surface area contributed by atoms with E-state index in [9.17, 15) is 9.59 Å². The summed E-state index contributed by atoms with van der Waals surface area (Å²) in [5.41, 5.74) is 1.71. The Bertz CT molecular complexity index is 656. The number of hydrogen-bond donors (Lipinski definition) is 1. The maximum atomic E-state index is 12.5. The van der Waals surface area contributed by atoms with Gasteiger partial charge >= 0.3 is 5.97 Å². The molecule has 3 unspecified atom stereocenters. The molecule has 0 aromatic rings. The largest absolute Gasteiger partial charge is 0.462 e. The molecule has 0 saturated heterocycles. The van der Waals surface area contributed by atoms with Crippen molar-refractivity contribution in [3.05, 3.63) is 11.6 Å². The molecule has 0 bridgehead atoms. The second kappa shape index (κ2) is 7.24. The number of esters is 1. The van der Waals surface area contributed by atoms with Gasteiger partial charge < -0.3 is 4.74 Å². The van der Waals surface area contributed by atoms with E-state index in [1.807, 2.05) is 0 Å². The number of fused-ring (bicyclic) bond motifs is 5. The molecule has 6 atom stereocenters. The van der Waals surface area contributed by atoms with Crippen LogP contribution in [0, 0.1) is 28.6 Å². The fraction of sp³-hybridized carbons (Fsp3) is 0.826. The lowest BCUT2D eigenvalue weighted by molar-refractivity contribution is -0.151. The van der Waals surface area contributed by atoms with Crippen molar-refractivity contribution in [2.24, 2.45) is 28.6 Å². The van der Waals surface area contributed by atoms with Crippen molar-refractivity contribution in [2.45, 2.75) is 84.2 Å². The summed E-state index contributed by atoms with van der Waals surface area (Å²) in [6, 6.07) is 0. The topological polar surface area (TPSA) is 43.4 Å². The van der Waals surface area contributed by atoms with Crippen LogP contribution in [0.5, 0.6) is 0 Å². The molecule has 0 radical (unpaired) electrons. The fourth-order valence-electron chi connectivity index (χ4n) is 6.97. The standard InChI is InChI=1S/C23H34O3S/c1-22-11-9-16(26-21(25)4-3-13-27)14-15(22)5-6-17-18-7-8-20(24)23(18,2)12-10-19(17)22/h5,16-19,27H,3-4,6-14H2,1-2H3/t16-,17?,18?,19?,22+,23+/m1/s1. The highest BCUT2D eigenvalue weighted by molar-refractivity contribution is 7.80. The summed E-state index contributed by atoms with van der Waals surface area (Å²) in [7, 11) is 0. The van der Waals surface area contributed by atoms with E-state index < -0.39 is 0 Å². The monoisotopic (exact) mass is 390 g/mol. The average molecular weight is 391 g/mol. The first-order valence-corrected chi connectivity index (χ1v) is 11.5. The second-order valence-corrected chi connectivity index (χ2v) is 10.3. The van der Waals surface area contributed by atoms with Gasteiger partial charge in [0.25, 0.3) is 0 Å². The molecule has 0 aromatic carbocycles. The molecule has 4 aliphatic carbocycles. The van der Waals surface area contributed by atoms with Crippen molar-refractivity contribution < 1.29 is 14.3 Å². The van der Waals surface area contributed by atoms with Crippen LogP contribution in [0.1, 0.15) is 78.1 Å². The zero-order chi connectivity index (χ0) is 19.2. The summed E-state index contributed by atoms with van der Waals surface area (Å²) in [5, 5.41) is 0. The molecule has 27 heavy (non-hydrogen) atoms. The maximum Gasteiger partial charge on any atom is 0.306 e. The van der Waals surface area contributed by atoms with Crippen LogP contribution in [0.4, 0.5) is 0 Å². The first-order chi connectivity index (χ1) is 12.9. The minimum Gasteiger partial charge on any atom is -0.462 e. The first-order valence-electron chi connectivity index (χ1n) is 10.9. The maximum absolute atomic E-state index is 12.5. The smallest absolute Gasteiger partial charge is 0.306 e. The molecular weight excluding hydrogens is 356 g/mol. The molecule has 3 saturated carbocycles. The normalized spacial score (nSPS) is 43.4. The van der Waals surface area contributed by atoms with Crippen LogP contribution in [0.25, 0.3) is 0 Å². The van der Waals surface area contributed by atoms with Crippen LogP contribution >= 0.6 is 12.6 Å². The van der Waals surface area contributed by atoms with Crippen LogP contribution in [0.15, 0.2) is 11.6 Å². The number of rotatable bonds is 4. The number of carbonyl (C=O) groups is 2. The van der Waals surface area contributed by atoms with E-state index >= 15 is 0 Å². The van der Waals surface area contributed by atoms with Gasteiger partial charge in [-0.1, -0.05) is 25.5 Å². The lowest BCUT2D eigenvalue weighted by Crippen LogP contribution is -2.50. The van der Waals surface area contributed by atoms with Crippen molar-refractivity contribution in [2.75, 3.05) is 5.75 Å². The third kappa shape index (κ3) is 3.20. The summed E-state index contributed by atoms with van der Waals surface area (Å²) in [5.74, 6) is 3.12. The molecule has 4 heteroatoms. The number of allylic oxidation sites excluding steroid dienone is 1. The molecule has 150 valence electrons. The summed E-state index contributed by atoms with van der Waals surface area (Å²) < 4.78 is 5.76. The van der Waals surface area contributed by atoms with Crippen LogP contribution in [-0.2, 0) is 14.3 Å². The van der Waals surface area contributed by atoms with Crippen molar-refractivity contribution in [3.63, 3.8) is 0 Å². The Hall–Kier alpha value is -0.770. The molecule has 0 heterocycles. The van der Waals surface area contributed by atoms with Crippen LogP contribution in [0.3, 0.4) is 0 Å². The van der Waals surface area contributed by atoms with Gasteiger partial charge in [0, 0.05) is 24.7 Å². The van der Waals surface area contributed by atoms with Gasteiger partial charge in [0.2, 0.25) is 0 Å². The molecular formula is C23H34O3S. The van der Waals surface area contributed by atoms with Crippen molar-refractivity contribution in [1.82, 2.24) is 0 Å². The number of thiol groups is 1. The van der Waals surface area contributed by atoms with Gasteiger partial charge in [-0.05, 0) is 73.9 Å². The minimum atomic E-state index is -0.0650. The molecule has 0 N–H and O–H groups in total. The zero-order valence-electron chi connectivity index (χ0n) is 16.8. The molecule has 3 fully saturated rings. The summed E-state index contributed by atoms with van der Waals surface area (Å²) >= 11 is 4.18. The van der Waals surface area contributed by atoms with E-state index in [1.165, 1.54) is 12.0 Å². The summed E-state index contributed by atoms with van der Waals surface area (Å²) in [6.07, 6.45) is 12.0. The molecule has 0 aromatic heterocycles. The van der Waals surface area contributed by atoms with E-state index in [4.69, 9.17) is 4.74 Å². The van der Waals surface area contributed by atoms with Gasteiger partial charge in [-0.25, -0.2) is 0 Å². The van der Waals surface area contributed by atoms with Crippen LogP contribution < -0.4 is 0 Å². The molecule has 3 nitrogen and oxygen atoms in total. The van der Waals surface area contributed by atoms with Gasteiger partial charge in [-0.3, -0.25) is 9.59 Å². The van der Waals surface area contributed by atoms with E-state index in [-0.39, 0.29) is 22.9 Å². The van der Waals surface area contributed by atoms with E-state index in [0.717, 1.165) is 57.1 Å². The Labute approximate surface area is 169 Å². The van der Waals surface area contributed by atoms with Gasteiger partial charge in [-0.15, -0.1) is 0 Å². The Morgan fingerprint density at radius 3 is 2.70 bits per heavy atom. The van der Waals surface area contributed by atoms with Crippen LogP contribution in [-0.4, -0.2) is 23.6 Å². The van der Waals surface area contributed by atoms with Gasteiger partial charge in [0.15, 0.2) is 0 Å². The quantitative estimate of drug-likeness (QED) is 0.411. The van der Waals surface area contributed by atoms with Crippen LogP contribution in [0.2, 0.25) is 0 Å². The Morgan fingerprint density at radius 2 is 1.93 bits per heavy atom. The Morgan fingerprint density at radius 1 is 1.19 bits per heavy atom. The number of carbonyl (C=O) groups excluding carboxylic acids is 2. The predicted molar refractivity (Wildman–Crippen MR) is 110 cm³/mol. The number of ether oxygens (including phenoxy) is 1. The zero-order valence-corrected chi connectivity index (χ0v) is 17.7. The van der Waals surface area contributed by atoms with E-state index in [0.29, 0.717) is 30.0 Å². The lowest BCUT2D eigenvalue weighted by Gasteiger charge is -2.56. The second-order valence-electron chi connectivity index (χ2n) is 9.86. The van der Waals surface area contributed by atoms with Crippen molar-refractivity contribution in [1.29, 1.82) is 0 Å². The SMILES string of the molecule is C[C@]12CC[C@@H](OC(=O)CCCS)CC1=CCC1C2CC[C@]2(C)C(=O)CCC12. The Balaban J connectivity index is 1.48.